The number of hydrogen-bond donors (Lipinski definition) is 2. The number of amides is 2. The SMILES string of the molecule is CC(C)C[C@H](N)C(=O)NC1CCN(C)C1=O. The van der Waals surface area contributed by atoms with Gasteiger partial charge in [0.2, 0.25) is 11.8 Å². The predicted octanol–water partition coefficient (Wildman–Crippen LogP) is -0.293. The van der Waals surface area contributed by atoms with Crippen LogP contribution in [0.25, 0.3) is 0 Å². The Kier molecular flexibility index (Phi) is 4.29. The zero-order valence-electron chi connectivity index (χ0n) is 10.2. The molecule has 1 rings (SSSR count). The molecule has 0 aromatic carbocycles. The third kappa shape index (κ3) is 3.20. The number of carbonyl (C=O) groups is 2. The molecule has 0 aliphatic carbocycles. The molecule has 0 aromatic rings. The molecule has 1 saturated heterocycles. The van der Waals surface area contributed by atoms with Crippen molar-refractivity contribution in [2.75, 3.05) is 13.6 Å². The first-order valence-corrected chi connectivity index (χ1v) is 5.72. The molecular weight excluding hydrogens is 206 g/mol. The molecule has 2 amide bonds. The highest BCUT2D eigenvalue weighted by Gasteiger charge is 2.31. The third-order valence-corrected chi connectivity index (χ3v) is 2.81. The maximum Gasteiger partial charge on any atom is 0.244 e. The minimum atomic E-state index is -0.515. The van der Waals surface area contributed by atoms with Crippen molar-refractivity contribution in [2.24, 2.45) is 11.7 Å². The summed E-state index contributed by atoms with van der Waals surface area (Å²) in [7, 11) is 1.74. The standard InChI is InChI=1S/C11H21N3O2/c1-7(2)6-8(12)10(15)13-9-4-5-14(3)11(9)16/h7-9H,4-6,12H2,1-3H3,(H,13,15)/t8-,9?/m0/s1. The number of carbonyl (C=O) groups excluding carboxylic acids is 2. The molecule has 1 heterocycles. The number of nitrogens with two attached hydrogens (primary N) is 1. The van der Waals surface area contributed by atoms with Gasteiger partial charge in [0.05, 0.1) is 6.04 Å². The minimum Gasteiger partial charge on any atom is -0.344 e. The van der Waals surface area contributed by atoms with Crippen molar-refractivity contribution in [3.05, 3.63) is 0 Å². The van der Waals surface area contributed by atoms with E-state index in [1.807, 2.05) is 13.8 Å². The van der Waals surface area contributed by atoms with Gasteiger partial charge in [0, 0.05) is 13.6 Å². The quantitative estimate of drug-likeness (QED) is 0.693. The zero-order chi connectivity index (χ0) is 12.3. The summed E-state index contributed by atoms with van der Waals surface area (Å²) in [6.45, 7) is 4.73. The molecule has 1 unspecified atom stereocenters. The van der Waals surface area contributed by atoms with E-state index in [0.717, 1.165) is 0 Å². The lowest BCUT2D eigenvalue weighted by Crippen LogP contribution is -2.48. The fraction of sp³-hybridized carbons (Fsp3) is 0.818. The first kappa shape index (κ1) is 13.0. The molecule has 1 aliphatic heterocycles. The molecule has 0 spiro atoms. The zero-order valence-corrected chi connectivity index (χ0v) is 10.2. The summed E-state index contributed by atoms with van der Waals surface area (Å²) in [5.74, 6) is 0.134. The molecule has 0 saturated carbocycles. The average Bonchev–Trinajstić information content (AvgIpc) is 2.48. The first-order chi connectivity index (χ1) is 7.41. The minimum absolute atomic E-state index is 0.0231. The van der Waals surface area contributed by atoms with Gasteiger partial charge in [0.1, 0.15) is 6.04 Å². The number of nitrogens with zero attached hydrogens (tertiary/aromatic N) is 1. The van der Waals surface area contributed by atoms with Gasteiger partial charge in [-0.2, -0.15) is 0 Å². The van der Waals surface area contributed by atoms with Crippen LogP contribution in [-0.4, -0.2) is 42.4 Å². The van der Waals surface area contributed by atoms with Gasteiger partial charge >= 0.3 is 0 Å². The Morgan fingerprint density at radius 3 is 2.69 bits per heavy atom. The molecule has 2 atom stereocenters. The summed E-state index contributed by atoms with van der Waals surface area (Å²) in [5, 5.41) is 2.71. The van der Waals surface area contributed by atoms with Crippen LogP contribution in [-0.2, 0) is 9.59 Å². The van der Waals surface area contributed by atoms with Crippen LogP contribution < -0.4 is 11.1 Å². The van der Waals surface area contributed by atoms with Gasteiger partial charge < -0.3 is 16.0 Å². The van der Waals surface area contributed by atoms with Gasteiger partial charge in [-0.15, -0.1) is 0 Å². The number of likely N-dealkylation sites (N-methyl/N-ethyl adjacent to an activating group) is 1. The van der Waals surface area contributed by atoms with Gasteiger partial charge in [0.25, 0.3) is 0 Å². The Hall–Kier alpha value is -1.10. The van der Waals surface area contributed by atoms with Crippen molar-refractivity contribution in [1.29, 1.82) is 0 Å². The molecule has 5 nitrogen and oxygen atoms in total. The van der Waals surface area contributed by atoms with Crippen LogP contribution in [0, 0.1) is 5.92 Å². The molecule has 3 N–H and O–H groups in total. The molecule has 92 valence electrons. The van der Waals surface area contributed by atoms with Crippen molar-refractivity contribution in [2.45, 2.75) is 38.8 Å². The largest absolute Gasteiger partial charge is 0.344 e. The smallest absolute Gasteiger partial charge is 0.244 e. The van der Waals surface area contributed by atoms with E-state index in [0.29, 0.717) is 25.3 Å². The van der Waals surface area contributed by atoms with E-state index in [1.54, 1.807) is 11.9 Å². The topological polar surface area (TPSA) is 75.4 Å². The highest BCUT2D eigenvalue weighted by molar-refractivity contribution is 5.90. The van der Waals surface area contributed by atoms with Gasteiger partial charge in [0.15, 0.2) is 0 Å². The van der Waals surface area contributed by atoms with E-state index in [-0.39, 0.29) is 17.9 Å². The van der Waals surface area contributed by atoms with Crippen LogP contribution in [0.1, 0.15) is 26.7 Å². The molecule has 0 bridgehead atoms. The Balaban J connectivity index is 2.42. The summed E-state index contributed by atoms with van der Waals surface area (Å²) in [6, 6.07) is -0.894. The summed E-state index contributed by atoms with van der Waals surface area (Å²) in [5.41, 5.74) is 5.74. The predicted molar refractivity (Wildman–Crippen MR) is 61.6 cm³/mol. The van der Waals surface area contributed by atoms with Crippen molar-refractivity contribution < 1.29 is 9.59 Å². The number of rotatable bonds is 4. The normalized spacial score (nSPS) is 22.7. The lowest BCUT2D eigenvalue weighted by molar-refractivity contribution is -0.132. The molecular formula is C11H21N3O2. The number of nitrogens with one attached hydrogen (secondary N) is 1. The van der Waals surface area contributed by atoms with Crippen LogP contribution in [0.2, 0.25) is 0 Å². The Bertz CT molecular complexity index is 278. The summed E-state index contributed by atoms with van der Waals surface area (Å²) >= 11 is 0. The fourth-order valence-electron chi connectivity index (χ4n) is 1.85. The van der Waals surface area contributed by atoms with Crippen molar-refractivity contribution >= 4 is 11.8 Å². The molecule has 5 heteroatoms. The van der Waals surface area contributed by atoms with Crippen molar-refractivity contribution in [3.8, 4) is 0 Å². The fourth-order valence-corrected chi connectivity index (χ4v) is 1.85. The molecule has 1 aliphatic rings. The van der Waals surface area contributed by atoms with Gasteiger partial charge in [-0.3, -0.25) is 9.59 Å². The monoisotopic (exact) mass is 227 g/mol. The van der Waals surface area contributed by atoms with Crippen LogP contribution >= 0.6 is 0 Å². The van der Waals surface area contributed by atoms with E-state index in [4.69, 9.17) is 5.73 Å². The Labute approximate surface area is 96.4 Å². The maximum absolute atomic E-state index is 11.7. The third-order valence-electron chi connectivity index (χ3n) is 2.81. The van der Waals surface area contributed by atoms with Crippen LogP contribution in [0.4, 0.5) is 0 Å². The van der Waals surface area contributed by atoms with E-state index in [1.165, 1.54) is 0 Å². The van der Waals surface area contributed by atoms with Crippen LogP contribution in [0.5, 0.6) is 0 Å². The van der Waals surface area contributed by atoms with Crippen LogP contribution in [0.3, 0.4) is 0 Å². The molecule has 1 fully saturated rings. The Morgan fingerprint density at radius 2 is 2.25 bits per heavy atom. The molecule has 0 radical (unpaired) electrons. The second kappa shape index (κ2) is 5.30. The summed E-state index contributed by atoms with van der Waals surface area (Å²) in [6.07, 6.45) is 1.32. The van der Waals surface area contributed by atoms with E-state index >= 15 is 0 Å². The summed E-state index contributed by atoms with van der Waals surface area (Å²) < 4.78 is 0. The number of likely N-dealkylation sites (tertiary alicyclic amines) is 1. The average molecular weight is 227 g/mol. The lowest BCUT2D eigenvalue weighted by atomic mass is 10.0. The molecule has 16 heavy (non-hydrogen) atoms. The van der Waals surface area contributed by atoms with E-state index < -0.39 is 6.04 Å². The van der Waals surface area contributed by atoms with Gasteiger partial charge in [-0.05, 0) is 18.8 Å². The highest BCUT2D eigenvalue weighted by atomic mass is 16.2. The number of hydrogen-bond acceptors (Lipinski definition) is 3. The Morgan fingerprint density at radius 1 is 1.62 bits per heavy atom. The second-order valence-electron chi connectivity index (χ2n) is 4.85. The van der Waals surface area contributed by atoms with Crippen molar-refractivity contribution in [3.63, 3.8) is 0 Å². The second-order valence-corrected chi connectivity index (χ2v) is 4.85. The van der Waals surface area contributed by atoms with Crippen molar-refractivity contribution in [1.82, 2.24) is 10.2 Å². The first-order valence-electron chi connectivity index (χ1n) is 5.72. The van der Waals surface area contributed by atoms with Crippen LogP contribution in [0.15, 0.2) is 0 Å². The van der Waals surface area contributed by atoms with Gasteiger partial charge in [-0.1, -0.05) is 13.8 Å². The molecule has 0 aromatic heterocycles. The van der Waals surface area contributed by atoms with E-state index in [9.17, 15) is 9.59 Å². The highest BCUT2D eigenvalue weighted by Crippen LogP contribution is 2.09. The van der Waals surface area contributed by atoms with Gasteiger partial charge in [-0.25, -0.2) is 0 Å². The lowest BCUT2D eigenvalue weighted by Gasteiger charge is -2.17. The van der Waals surface area contributed by atoms with E-state index in [2.05, 4.69) is 5.32 Å². The summed E-state index contributed by atoms with van der Waals surface area (Å²) in [4.78, 5) is 24.9. The maximum atomic E-state index is 11.7.